The van der Waals surface area contributed by atoms with Gasteiger partial charge in [0.15, 0.2) is 0 Å². The maximum atomic E-state index is 13.1. The number of ether oxygens (including phenoxy) is 1. The summed E-state index contributed by atoms with van der Waals surface area (Å²) in [6.45, 7) is 2.32. The molecule has 1 saturated carbocycles. The van der Waals surface area contributed by atoms with Crippen LogP contribution in [-0.2, 0) is 14.3 Å². The van der Waals surface area contributed by atoms with E-state index in [4.69, 9.17) is 4.74 Å². The Balaban J connectivity index is 1.21. The number of carbonyl (C=O) groups is 3. The minimum absolute atomic E-state index is 0.0169. The number of benzene rings is 2. The van der Waals surface area contributed by atoms with Gasteiger partial charge in [0.1, 0.15) is 6.61 Å². The average molecular weight is 463 g/mol. The number of rotatable bonds is 5. The van der Waals surface area contributed by atoms with Crippen molar-refractivity contribution < 1.29 is 24.2 Å². The van der Waals surface area contributed by atoms with Gasteiger partial charge in [0.25, 0.3) is 0 Å². The molecule has 0 bridgehead atoms. The normalized spacial score (nSPS) is 22.8. The molecule has 3 aliphatic rings. The SMILES string of the molecule is CC1(C(=O)O)CN(C(=O)[C@@H]2CCCC[C@@H]2NC(=O)OCC2c3ccccc3-c3ccccc32)C1. The van der Waals surface area contributed by atoms with Crippen molar-refractivity contribution in [3.8, 4) is 11.1 Å². The van der Waals surface area contributed by atoms with Crippen LogP contribution in [0, 0.1) is 11.3 Å². The molecule has 7 nitrogen and oxygen atoms in total. The average Bonchev–Trinajstić information content (AvgIpc) is 3.14. The molecule has 1 saturated heterocycles. The second kappa shape index (κ2) is 8.78. The zero-order chi connectivity index (χ0) is 23.9. The third kappa shape index (κ3) is 3.93. The van der Waals surface area contributed by atoms with E-state index in [1.165, 1.54) is 11.1 Å². The highest BCUT2D eigenvalue weighted by Crippen LogP contribution is 2.44. The molecule has 0 radical (unpaired) electrons. The third-order valence-corrected chi connectivity index (χ3v) is 7.64. The Bertz CT molecular complexity index is 1080. The Hall–Kier alpha value is -3.35. The van der Waals surface area contributed by atoms with Gasteiger partial charge < -0.3 is 20.1 Å². The molecular weight excluding hydrogens is 432 g/mol. The monoisotopic (exact) mass is 462 g/mol. The van der Waals surface area contributed by atoms with Crippen LogP contribution in [0.2, 0.25) is 0 Å². The molecule has 178 valence electrons. The maximum Gasteiger partial charge on any atom is 0.407 e. The number of aliphatic carboxylic acids is 1. The zero-order valence-corrected chi connectivity index (χ0v) is 19.3. The van der Waals surface area contributed by atoms with Crippen LogP contribution in [0.5, 0.6) is 0 Å². The van der Waals surface area contributed by atoms with Gasteiger partial charge in [-0.3, -0.25) is 9.59 Å². The summed E-state index contributed by atoms with van der Waals surface area (Å²) in [6.07, 6.45) is 2.75. The summed E-state index contributed by atoms with van der Waals surface area (Å²) in [7, 11) is 0. The number of amides is 2. The van der Waals surface area contributed by atoms with E-state index in [1.807, 2.05) is 24.3 Å². The fraction of sp³-hybridized carbons (Fsp3) is 0.444. The Morgan fingerprint density at radius 3 is 2.21 bits per heavy atom. The molecule has 2 atom stereocenters. The van der Waals surface area contributed by atoms with E-state index < -0.39 is 17.5 Å². The highest BCUT2D eigenvalue weighted by Gasteiger charge is 2.49. The lowest BCUT2D eigenvalue weighted by Gasteiger charge is -2.47. The number of fused-ring (bicyclic) bond motifs is 3. The molecule has 2 N–H and O–H groups in total. The van der Waals surface area contributed by atoms with Crippen LogP contribution in [0.4, 0.5) is 4.79 Å². The van der Waals surface area contributed by atoms with Gasteiger partial charge in [0.05, 0.1) is 11.3 Å². The van der Waals surface area contributed by atoms with Gasteiger partial charge in [-0.2, -0.15) is 0 Å². The summed E-state index contributed by atoms with van der Waals surface area (Å²) in [5, 5.41) is 12.3. The highest BCUT2D eigenvalue weighted by molar-refractivity contribution is 5.85. The van der Waals surface area contributed by atoms with Crippen molar-refractivity contribution in [2.75, 3.05) is 19.7 Å². The van der Waals surface area contributed by atoms with Gasteiger partial charge in [-0.05, 0) is 42.0 Å². The van der Waals surface area contributed by atoms with E-state index in [1.54, 1.807) is 11.8 Å². The van der Waals surface area contributed by atoms with Crippen molar-refractivity contribution in [2.24, 2.45) is 11.3 Å². The van der Waals surface area contributed by atoms with Gasteiger partial charge >= 0.3 is 12.1 Å². The molecule has 0 unspecified atom stereocenters. The highest BCUT2D eigenvalue weighted by atomic mass is 16.5. The lowest BCUT2D eigenvalue weighted by Crippen LogP contribution is -2.63. The molecule has 34 heavy (non-hydrogen) atoms. The second-order valence-electron chi connectivity index (χ2n) is 10.0. The number of carboxylic acid groups (broad SMARTS) is 1. The molecule has 2 aliphatic carbocycles. The van der Waals surface area contributed by atoms with E-state index >= 15 is 0 Å². The quantitative estimate of drug-likeness (QED) is 0.700. The Morgan fingerprint density at radius 2 is 1.59 bits per heavy atom. The summed E-state index contributed by atoms with van der Waals surface area (Å²) in [6, 6.07) is 16.1. The molecule has 0 aromatic heterocycles. The predicted octanol–water partition coefficient (Wildman–Crippen LogP) is 4.02. The summed E-state index contributed by atoms with van der Waals surface area (Å²) in [4.78, 5) is 38.8. The summed E-state index contributed by atoms with van der Waals surface area (Å²) in [5.41, 5.74) is 3.78. The lowest BCUT2D eigenvalue weighted by molar-refractivity contribution is -0.166. The van der Waals surface area contributed by atoms with Crippen LogP contribution < -0.4 is 5.32 Å². The topological polar surface area (TPSA) is 95.9 Å². The fourth-order valence-electron chi connectivity index (χ4n) is 5.71. The predicted molar refractivity (Wildman–Crippen MR) is 126 cm³/mol. The molecule has 2 amide bonds. The molecule has 7 heteroatoms. The van der Waals surface area contributed by atoms with E-state index in [-0.39, 0.29) is 43.5 Å². The first-order valence-corrected chi connectivity index (χ1v) is 12.0. The Labute approximate surface area is 199 Å². The van der Waals surface area contributed by atoms with E-state index in [9.17, 15) is 19.5 Å². The van der Waals surface area contributed by atoms with Crippen molar-refractivity contribution in [1.29, 1.82) is 0 Å². The number of nitrogens with zero attached hydrogens (tertiary/aromatic N) is 1. The number of carbonyl (C=O) groups excluding carboxylic acids is 2. The van der Waals surface area contributed by atoms with Crippen molar-refractivity contribution in [3.63, 3.8) is 0 Å². The van der Waals surface area contributed by atoms with Crippen molar-refractivity contribution in [2.45, 2.75) is 44.6 Å². The largest absolute Gasteiger partial charge is 0.481 e. The van der Waals surface area contributed by atoms with Gasteiger partial charge in [-0.15, -0.1) is 0 Å². The van der Waals surface area contributed by atoms with Crippen molar-refractivity contribution >= 4 is 18.0 Å². The lowest BCUT2D eigenvalue weighted by atomic mass is 9.78. The number of likely N-dealkylation sites (tertiary alicyclic amines) is 1. The first kappa shape index (κ1) is 22.4. The standard InChI is InChI=1S/C27H30N2O5/c1-27(25(31)32)15-29(16-27)24(30)21-12-6-7-13-23(21)28-26(33)34-14-22-19-10-4-2-8-17(19)18-9-3-5-11-20(18)22/h2-5,8-11,21-23H,6-7,12-16H2,1H3,(H,28,33)(H,31,32)/t21-,23+/m1/s1. The van der Waals surface area contributed by atoms with Crippen LogP contribution >= 0.6 is 0 Å². The zero-order valence-electron chi connectivity index (χ0n) is 19.3. The molecule has 2 fully saturated rings. The minimum Gasteiger partial charge on any atom is -0.481 e. The fourth-order valence-corrected chi connectivity index (χ4v) is 5.71. The van der Waals surface area contributed by atoms with Gasteiger partial charge in [-0.1, -0.05) is 61.4 Å². The molecule has 1 aliphatic heterocycles. The summed E-state index contributed by atoms with van der Waals surface area (Å²) in [5.74, 6) is -1.31. The van der Waals surface area contributed by atoms with Crippen LogP contribution in [0.15, 0.2) is 48.5 Å². The van der Waals surface area contributed by atoms with E-state index in [2.05, 4.69) is 29.6 Å². The van der Waals surface area contributed by atoms with Gasteiger partial charge in [0, 0.05) is 25.0 Å². The first-order chi connectivity index (χ1) is 16.4. The van der Waals surface area contributed by atoms with Crippen LogP contribution in [0.3, 0.4) is 0 Å². The first-order valence-electron chi connectivity index (χ1n) is 12.0. The number of hydrogen-bond donors (Lipinski definition) is 2. The van der Waals surface area contributed by atoms with E-state index in [0.29, 0.717) is 12.8 Å². The van der Waals surface area contributed by atoms with Gasteiger partial charge in [-0.25, -0.2) is 4.79 Å². The smallest absolute Gasteiger partial charge is 0.407 e. The van der Waals surface area contributed by atoms with E-state index in [0.717, 1.165) is 24.0 Å². The Morgan fingerprint density at radius 1 is 1.00 bits per heavy atom. The summed E-state index contributed by atoms with van der Waals surface area (Å²) >= 11 is 0. The number of alkyl carbamates (subject to hydrolysis) is 1. The van der Waals surface area contributed by atoms with Gasteiger partial charge in [0.2, 0.25) is 5.91 Å². The Kier molecular flexibility index (Phi) is 5.80. The second-order valence-corrected chi connectivity index (χ2v) is 10.0. The number of carboxylic acids is 1. The third-order valence-electron chi connectivity index (χ3n) is 7.64. The number of nitrogens with one attached hydrogen (secondary N) is 1. The van der Waals surface area contributed by atoms with Crippen LogP contribution in [0.1, 0.15) is 49.7 Å². The summed E-state index contributed by atoms with van der Waals surface area (Å²) < 4.78 is 5.68. The van der Waals surface area contributed by atoms with Crippen molar-refractivity contribution in [1.82, 2.24) is 10.2 Å². The minimum atomic E-state index is -0.881. The van der Waals surface area contributed by atoms with Crippen LogP contribution in [0.25, 0.3) is 11.1 Å². The molecule has 0 spiro atoms. The number of hydrogen-bond acceptors (Lipinski definition) is 4. The molecule has 1 heterocycles. The molecular formula is C27H30N2O5. The maximum absolute atomic E-state index is 13.1. The van der Waals surface area contributed by atoms with Crippen molar-refractivity contribution in [3.05, 3.63) is 59.7 Å². The van der Waals surface area contributed by atoms with Crippen LogP contribution in [-0.4, -0.2) is 53.7 Å². The molecule has 5 rings (SSSR count). The molecule has 2 aromatic carbocycles. The molecule has 2 aromatic rings.